The third-order valence-electron chi connectivity index (χ3n) is 3.21. The average Bonchev–Trinajstić information content (AvgIpc) is 2.49. The van der Waals surface area contributed by atoms with E-state index in [1.54, 1.807) is 0 Å². The maximum Gasteiger partial charge on any atom is 0.356 e. The van der Waals surface area contributed by atoms with E-state index >= 15 is 0 Å². The number of hydrogen-bond acceptors (Lipinski definition) is 3. The van der Waals surface area contributed by atoms with Crippen LogP contribution in [0.1, 0.15) is 22.5 Å². The van der Waals surface area contributed by atoms with Gasteiger partial charge >= 0.3 is 5.97 Å². The first-order valence-electron chi connectivity index (χ1n) is 6.59. The van der Waals surface area contributed by atoms with Crippen molar-refractivity contribution in [2.75, 3.05) is 12.4 Å². The molecule has 0 saturated heterocycles. The third kappa shape index (κ3) is 3.54. The number of hydrogen-bond donors (Lipinski definition) is 2. The molecule has 1 aromatic carbocycles. The highest BCUT2D eigenvalue weighted by atomic mass is 35.5. The molecule has 2 rings (SSSR count). The summed E-state index contributed by atoms with van der Waals surface area (Å²) in [5.74, 6) is -2.06. The van der Waals surface area contributed by atoms with E-state index in [0.29, 0.717) is 0 Å². The first-order chi connectivity index (χ1) is 10.9. The van der Waals surface area contributed by atoms with E-state index in [1.165, 1.54) is 18.2 Å². The summed E-state index contributed by atoms with van der Waals surface area (Å²) < 4.78 is 27.0. The molecule has 8 heteroatoms. The van der Waals surface area contributed by atoms with Gasteiger partial charge in [-0.05, 0) is 31.0 Å². The number of nitrogen functional groups attached to an aromatic ring is 1. The number of carboxylic acids is 1. The Morgan fingerprint density at radius 1 is 1.35 bits per heavy atom. The van der Waals surface area contributed by atoms with Crippen LogP contribution in [-0.2, 0) is 6.42 Å². The molecule has 0 fully saturated rings. The zero-order valence-electron chi connectivity index (χ0n) is 11.7. The van der Waals surface area contributed by atoms with E-state index < -0.39 is 24.2 Å². The van der Waals surface area contributed by atoms with E-state index in [-0.39, 0.29) is 45.4 Å². The molecule has 0 saturated carbocycles. The molecule has 0 spiro atoms. The number of rotatable bonds is 5. The summed E-state index contributed by atoms with van der Waals surface area (Å²) in [6.45, 7) is -0.602. The number of nitrogens with zero attached hydrogens (tertiary/aromatic N) is 1. The van der Waals surface area contributed by atoms with Crippen molar-refractivity contribution in [3.63, 3.8) is 0 Å². The van der Waals surface area contributed by atoms with E-state index in [1.807, 2.05) is 0 Å². The molecular formula is C15H12Cl2F2N2O2. The van der Waals surface area contributed by atoms with Gasteiger partial charge in [-0.25, -0.2) is 14.2 Å². The maximum atomic E-state index is 14.6. The van der Waals surface area contributed by atoms with Crippen LogP contribution in [0.5, 0.6) is 0 Å². The van der Waals surface area contributed by atoms with Crippen molar-refractivity contribution in [2.45, 2.75) is 12.8 Å². The predicted molar refractivity (Wildman–Crippen MR) is 85.3 cm³/mol. The molecular weight excluding hydrogens is 349 g/mol. The van der Waals surface area contributed by atoms with Crippen LogP contribution in [0.25, 0.3) is 11.3 Å². The summed E-state index contributed by atoms with van der Waals surface area (Å²) in [5, 5.41) is 9.04. The Morgan fingerprint density at radius 2 is 2.04 bits per heavy atom. The van der Waals surface area contributed by atoms with Crippen LogP contribution in [-0.4, -0.2) is 22.7 Å². The highest BCUT2D eigenvalue weighted by Crippen LogP contribution is 2.33. The standard InChI is InChI=1S/C15H12Cl2F2N2O2/c16-9-4-3-8(13(19)7(9)2-1-5-18)11-6-10(20)12(17)14(21-11)15(22)23/h3-4,6H,1-2,5H2,(H2,20,21)(H,22,23). The summed E-state index contributed by atoms with van der Waals surface area (Å²) in [4.78, 5) is 15.0. The van der Waals surface area contributed by atoms with Gasteiger partial charge in [0.2, 0.25) is 0 Å². The van der Waals surface area contributed by atoms with Crippen molar-refractivity contribution >= 4 is 34.9 Å². The summed E-state index contributed by atoms with van der Waals surface area (Å²) in [5.41, 5.74) is 5.34. The first-order valence-corrected chi connectivity index (χ1v) is 7.35. The number of nitrogens with two attached hydrogens (primary N) is 1. The molecule has 0 unspecified atom stereocenters. The fourth-order valence-electron chi connectivity index (χ4n) is 2.10. The number of anilines is 1. The van der Waals surface area contributed by atoms with Gasteiger partial charge in [-0.1, -0.05) is 23.2 Å². The predicted octanol–water partition coefficient (Wildman–Crippen LogP) is 4.38. The van der Waals surface area contributed by atoms with Crippen LogP contribution in [0, 0.1) is 5.82 Å². The monoisotopic (exact) mass is 360 g/mol. The van der Waals surface area contributed by atoms with E-state index in [4.69, 9.17) is 34.0 Å². The minimum atomic E-state index is -1.38. The van der Waals surface area contributed by atoms with Gasteiger partial charge in [0, 0.05) is 16.1 Å². The number of halogens is 4. The lowest BCUT2D eigenvalue weighted by atomic mass is 10.0. The van der Waals surface area contributed by atoms with Crippen molar-refractivity contribution in [1.29, 1.82) is 0 Å². The van der Waals surface area contributed by atoms with Crippen LogP contribution in [0.4, 0.5) is 14.5 Å². The fraction of sp³-hybridized carbons (Fsp3) is 0.200. The summed E-state index contributed by atoms with van der Waals surface area (Å²) >= 11 is 11.7. The molecule has 1 heterocycles. The van der Waals surface area contributed by atoms with E-state index in [9.17, 15) is 13.6 Å². The van der Waals surface area contributed by atoms with Crippen LogP contribution < -0.4 is 5.73 Å². The Hall–Kier alpha value is -1.92. The van der Waals surface area contributed by atoms with Crippen molar-refractivity contribution < 1.29 is 18.7 Å². The largest absolute Gasteiger partial charge is 0.476 e. The molecule has 0 aliphatic carbocycles. The molecule has 0 atom stereocenters. The molecule has 2 aromatic rings. The number of benzene rings is 1. The molecule has 0 amide bonds. The van der Waals surface area contributed by atoms with Crippen molar-refractivity contribution in [3.05, 3.63) is 45.3 Å². The lowest BCUT2D eigenvalue weighted by Crippen LogP contribution is -2.06. The summed E-state index contributed by atoms with van der Waals surface area (Å²) in [6, 6.07) is 4.08. The molecule has 0 aliphatic rings. The van der Waals surface area contributed by atoms with Crippen molar-refractivity contribution in [3.8, 4) is 11.3 Å². The van der Waals surface area contributed by atoms with Gasteiger partial charge in [0.25, 0.3) is 0 Å². The Balaban J connectivity index is 2.61. The molecule has 122 valence electrons. The molecule has 3 N–H and O–H groups in total. The van der Waals surface area contributed by atoms with Gasteiger partial charge in [-0.3, -0.25) is 4.39 Å². The Labute approximate surface area is 140 Å². The topological polar surface area (TPSA) is 76.2 Å². The Bertz CT molecular complexity index is 770. The van der Waals surface area contributed by atoms with Gasteiger partial charge in [-0.15, -0.1) is 0 Å². The van der Waals surface area contributed by atoms with Crippen LogP contribution in [0.2, 0.25) is 10.0 Å². The van der Waals surface area contributed by atoms with Crippen LogP contribution in [0.3, 0.4) is 0 Å². The smallest absolute Gasteiger partial charge is 0.356 e. The highest BCUT2D eigenvalue weighted by Gasteiger charge is 2.19. The molecule has 0 bridgehead atoms. The van der Waals surface area contributed by atoms with Crippen LogP contribution >= 0.6 is 23.2 Å². The van der Waals surface area contributed by atoms with Crippen molar-refractivity contribution in [1.82, 2.24) is 4.98 Å². The van der Waals surface area contributed by atoms with Crippen molar-refractivity contribution in [2.24, 2.45) is 0 Å². The minimum absolute atomic E-state index is 0.0139. The lowest BCUT2D eigenvalue weighted by Gasteiger charge is -2.11. The number of aromatic carboxylic acids is 1. The third-order valence-corrected chi connectivity index (χ3v) is 3.96. The normalized spacial score (nSPS) is 10.8. The Kier molecular flexibility index (Phi) is 5.38. The number of aromatic nitrogens is 1. The summed E-state index contributed by atoms with van der Waals surface area (Å²) in [7, 11) is 0. The quantitative estimate of drug-likeness (QED) is 0.829. The van der Waals surface area contributed by atoms with Gasteiger partial charge in [0.1, 0.15) is 5.82 Å². The Morgan fingerprint density at radius 3 is 2.65 bits per heavy atom. The van der Waals surface area contributed by atoms with Crippen LogP contribution in [0.15, 0.2) is 18.2 Å². The fourth-order valence-corrected chi connectivity index (χ4v) is 2.52. The zero-order valence-corrected chi connectivity index (χ0v) is 13.3. The first kappa shape index (κ1) is 17.4. The highest BCUT2D eigenvalue weighted by molar-refractivity contribution is 6.35. The number of carbonyl (C=O) groups is 1. The second kappa shape index (κ2) is 7.10. The molecule has 0 aliphatic heterocycles. The minimum Gasteiger partial charge on any atom is -0.476 e. The van der Waals surface area contributed by atoms with Gasteiger partial charge in [0.05, 0.1) is 23.1 Å². The average molecular weight is 361 g/mol. The second-order valence-corrected chi connectivity index (χ2v) is 5.53. The maximum absolute atomic E-state index is 14.6. The van der Waals surface area contributed by atoms with Gasteiger partial charge in [0.15, 0.2) is 5.69 Å². The lowest BCUT2D eigenvalue weighted by molar-refractivity contribution is 0.0691. The molecule has 4 nitrogen and oxygen atoms in total. The molecule has 23 heavy (non-hydrogen) atoms. The van der Waals surface area contributed by atoms with Gasteiger partial charge in [-0.2, -0.15) is 0 Å². The number of pyridine rings is 1. The van der Waals surface area contributed by atoms with E-state index in [0.717, 1.165) is 0 Å². The number of alkyl halides is 1. The molecule has 1 aromatic heterocycles. The zero-order chi connectivity index (χ0) is 17.1. The SMILES string of the molecule is Nc1cc(-c2ccc(Cl)c(CCCF)c2F)nc(C(=O)O)c1Cl. The van der Waals surface area contributed by atoms with E-state index in [2.05, 4.69) is 4.98 Å². The second-order valence-electron chi connectivity index (χ2n) is 4.74. The number of carboxylic acid groups (broad SMARTS) is 1. The van der Waals surface area contributed by atoms with Gasteiger partial charge < -0.3 is 10.8 Å². The molecule has 0 radical (unpaired) electrons. The summed E-state index contributed by atoms with van der Waals surface area (Å²) in [6.07, 6.45) is 0.237.